The first-order valence-electron chi connectivity index (χ1n) is 10.7. The number of anilines is 1. The molecule has 0 aliphatic heterocycles. The Balaban J connectivity index is 1.80. The average Bonchev–Trinajstić information content (AvgIpc) is 3.35. The minimum atomic E-state index is -3.88. The number of ether oxygens (including phenoxy) is 1. The van der Waals surface area contributed by atoms with Crippen molar-refractivity contribution in [2.24, 2.45) is 4.99 Å². The van der Waals surface area contributed by atoms with Gasteiger partial charge in [0, 0.05) is 41.6 Å². The summed E-state index contributed by atoms with van der Waals surface area (Å²) in [4.78, 5) is 8.98. The molecule has 0 aliphatic rings. The third-order valence-corrected chi connectivity index (χ3v) is 6.59. The molecular weight excluding hydrogens is 471 g/mol. The number of aliphatic imine (C=N–C) groups is 1. The number of hydrogen-bond donors (Lipinski definition) is 1. The van der Waals surface area contributed by atoms with Gasteiger partial charge in [-0.1, -0.05) is 17.3 Å². The summed E-state index contributed by atoms with van der Waals surface area (Å²) in [5.74, 6) is -0.0894. The van der Waals surface area contributed by atoms with Crippen molar-refractivity contribution in [3.63, 3.8) is 0 Å². The first-order valence-corrected chi connectivity index (χ1v) is 12.2. The molecule has 10 heteroatoms. The van der Waals surface area contributed by atoms with Crippen LogP contribution < -0.4 is 9.46 Å². The van der Waals surface area contributed by atoms with Crippen LogP contribution in [0.3, 0.4) is 0 Å². The number of aromatic nitrogens is 2. The summed E-state index contributed by atoms with van der Waals surface area (Å²) >= 11 is 0. The van der Waals surface area contributed by atoms with E-state index in [9.17, 15) is 12.8 Å². The van der Waals surface area contributed by atoms with Crippen molar-refractivity contribution in [1.82, 2.24) is 10.1 Å². The van der Waals surface area contributed by atoms with Crippen LogP contribution >= 0.6 is 0 Å². The summed E-state index contributed by atoms with van der Waals surface area (Å²) in [6.07, 6.45) is 2.87. The van der Waals surface area contributed by atoms with Crippen LogP contribution in [0.15, 0.2) is 81.5 Å². The number of hydrogen-bond acceptors (Lipinski definition) is 7. The molecule has 180 valence electrons. The monoisotopic (exact) mass is 494 g/mol. The molecule has 0 amide bonds. The van der Waals surface area contributed by atoms with Gasteiger partial charge in [0.25, 0.3) is 10.0 Å². The lowest BCUT2D eigenvalue weighted by Crippen LogP contribution is -2.15. The summed E-state index contributed by atoms with van der Waals surface area (Å²) in [6.45, 7) is 4.11. The van der Waals surface area contributed by atoms with E-state index in [0.717, 1.165) is 0 Å². The highest BCUT2D eigenvalue weighted by Crippen LogP contribution is 2.32. The summed E-state index contributed by atoms with van der Waals surface area (Å²) in [5.41, 5.74) is 3.24. The number of nitrogens with one attached hydrogen (secondary N) is 1. The van der Waals surface area contributed by atoms with Crippen molar-refractivity contribution >= 4 is 21.6 Å². The third-order valence-electron chi connectivity index (χ3n) is 5.24. The van der Waals surface area contributed by atoms with E-state index in [1.54, 1.807) is 49.5 Å². The number of methoxy groups -OCH3 is 1. The van der Waals surface area contributed by atoms with Gasteiger partial charge in [-0.25, -0.2) is 12.8 Å². The van der Waals surface area contributed by atoms with Gasteiger partial charge in [0.2, 0.25) is 0 Å². The molecule has 4 rings (SSSR count). The highest BCUT2D eigenvalue weighted by Gasteiger charge is 2.22. The number of benzene rings is 2. The molecule has 0 aliphatic carbocycles. The molecule has 0 radical (unpaired) electrons. The Morgan fingerprint density at radius 3 is 2.60 bits per heavy atom. The molecule has 1 N–H and O–H groups in total. The van der Waals surface area contributed by atoms with Gasteiger partial charge in [-0.15, -0.1) is 0 Å². The Morgan fingerprint density at radius 1 is 1.14 bits per heavy atom. The number of halogens is 1. The van der Waals surface area contributed by atoms with Crippen LogP contribution in [-0.2, 0) is 10.0 Å². The Kier molecular flexibility index (Phi) is 6.92. The molecule has 0 atom stereocenters. The fraction of sp³-hybridized carbons (Fsp3) is 0.160. The molecule has 2 aromatic heterocycles. The molecule has 0 saturated heterocycles. The van der Waals surface area contributed by atoms with Crippen LogP contribution in [0, 0.1) is 12.7 Å². The molecular formula is C25H23FN4O4S. The van der Waals surface area contributed by atoms with E-state index in [0.29, 0.717) is 46.0 Å². The summed E-state index contributed by atoms with van der Waals surface area (Å²) < 4.78 is 53.0. The maximum Gasteiger partial charge on any atom is 0.263 e. The maximum atomic E-state index is 14.9. The molecule has 0 fully saturated rings. The Bertz CT molecular complexity index is 1470. The van der Waals surface area contributed by atoms with E-state index in [2.05, 4.69) is 24.4 Å². The highest BCUT2D eigenvalue weighted by atomic mass is 32.2. The number of pyridine rings is 1. The molecule has 0 bridgehead atoms. The molecule has 0 spiro atoms. The minimum Gasteiger partial charge on any atom is -0.496 e. The van der Waals surface area contributed by atoms with Crippen LogP contribution in [0.1, 0.15) is 23.6 Å². The van der Waals surface area contributed by atoms with Crippen molar-refractivity contribution < 1.29 is 22.1 Å². The van der Waals surface area contributed by atoms with Gasteiger partial charge >= 0.3 is 0 Å². The van der Waals surface area contributed by atoms with E-state index in [-0.39, 0.29) is 10.7 Å². The summed E-state index contributed by atoms with van der Waals surface area (Å²) in [6, 6.07) is 14.3. The quantitative estimate of drug-likeness (QED) is 0.351. The van der Waals surface area contributed by atoms with Crippen molar-refractivity contribution in [2.75, 3.05) is 18.4 Å². The average molecular weight is 495 g/mol. The zero-order valence-corrected chi connectivity index (χ0v) is 20.1. The standard InChI is InChI=1S/C25H23FN4O4S/c1-4-27-25(20-14-19(21(26)15-23(20)33-3)22-7-5-6-11-28-22)18-9-8-17(13-16(18)2)35(31,32)30-24-10-12-34-29-24/h5-15H,4H2,1-3H3,(H,29,30). The lowest BCUT2D eigenvalue weighted by Gasteiger charge is -2.17. The molecule has 35 heavy (non-hydrogen) atoms. The van der Waals surface area contributed by atoms with Crippen molar-refractivity contribution in [3.05, 3.63) is 89.6 Å². The lowest BCUT2D eigenvalue weighted by atomic mass is 9.95. The second kappa shape index (κ2) is 10.1. The van der Waals surface area contributed by atoms with Gasteiger partial charge in [0.1, 0.15) is 17.8 Å². The van der Waals surface area contributed by atoms with Crippen LogP contribution in [0.5, 0.6) is 5.75 Å². The number of rotatable bonds is 8. The highest BCUT2D eigenvalue weighted by molar-refractivity contribution is 7.92. The Hall–Kier alpha value is -4.05. The predicted molar refractivity (Wildman–Crippen MR) is 131 cm³/mol. The van der Waals surface area contributed by atoms with Crippen molar-refractivity contribution in [2.45, 2.75) is 18.7 Å². The second-order valence-electron chi connectivity index (χ2n) is 7.54. The van der Waals surface area contributed by atoms with Gasteiger partial charge in [0.05, 0.1) is 23.4 Å². The largest absolute Gasteiger partial charge is 0.496 e. The molecule has 8 nitrogen and oxygen atoms in total. The van der Waals surface area contributed by atoms with E-state index in [4.69, 9.17) is 4.74 Å². The number of aryl methyl sites for hydroxylation is 1. The van der Waals surface area contributed by atoms with E-state index in [1.165, 1.54) is 31.6 Å². The summed E-state index contributed by atoms with van der Waals surface area (Å²) in [7, 11) is -2.42. The zero-order chi connectivity index (χ0) is 25.0. The molecule has 0 unspecified atom stereocenters. The van der Waals surface area contributed by atoms with Crippen molar-refractivity contribution in [1.29, 1.82) is 0 Å². The topological polar surface area (TPSA) is 107 Å². The fourth-order valence-corrected chi connectivity index (χ4v) is 4.71. The van der Waals surface area contributed by atoms with Crippen LogP contribution in [0.4, 0.5) is 10.2 Å². The van der Waals surface area contributed by atoms with Crippen LogP contribution in [0.25, 0.3) is 11.3 Å². The molecule has 0 saturated carbocycles. The second-order valence-corrected chi connectivity index (χ2v) is 9.22. The van der Waals surface area contributed by atoms with Gasteiger partial charge in [-0.3, -0.25) is 14.7 Å². The van der Waals surface area contributed by atoms with Crippen LogP contribution in [0.2, 0.25) is 0 Å². The van der Waals surface area contributed by atoms with Gasteiger partial charge < -0.3 is 9.26 Å². The summed E-state index contributed by atoms with van der Waals surface area (Å²) in [5, 5.41) is 3.58. The minimum absolute atomic E-state index is 0.0536. The first-order chi connectivity index (χ1) is 16.8. The van der Waals surface area contributed by atoms with Crippen LogP contribution in [-0.4, -0.2) is 37.9 Å². The molecule has 2 aromatic carbocycles. The van der Waals surface area contributed by atoms with E-state index < -0.39 is 15.8 Å². The molecule has 2 heterocycles. The normalized spacial score (nSPS) is 11.9. The third kappa shape index (κ3) is 5.07. The Labute approximate surface area is 202 Å². The van der Waals surface area contributed by atoms with E-state index >= 15 is 0 Å². The lowest BCUT2D eigenvalue weighted by molar-refractivity contribution is 0.410. The number of nitrogens with zero attached hydrogens (tertiary/aromatic N) is 3. The van der Waals surface area contributed by atoms with Gasteiger partial charge in [-0.05, 0) is 49.7 Å². The Morgan fingerprint density at radius 2 is 1.97 bits per heavy atom. The zero-order valence-electron chi connectivity index (χ0n) is 19.3. The van der Waals surface area contributed by atoms with Crippen molar-refractivity contribution in [3.8, 4) is 17.0 Å². The predicted octanol–water partition coefficient (Wildman–Crippen LogP) is 4.85. The van der Waals surface area contributed by atoms with E-state index in [1.807, 2.05) is 6.92 Å². The number of sulfonamides is 1. The SMILES string of the molecule is CCN=C(c1ccc(S(=O)(=O)Nc2ccon2)cc1C)c1cc(-c2ccccn2)c(F)cc1OC. The maximum absolute atomic E-state index is 14.9. The fourth-order valence-electron chi connectivity index (χ4n) is 3.63. The molecule has 4 aromatic rings. The van der Waals surface area contributed by atoms with Gasteiger partial charge in [0.15, 0.2) is 5.82 Å². The van der Waals surface area contributed by atoms with Gasteiger partial charge in [-0.2, -0.15) is 0 Å². The first kappa shape index (κ1) is 24.1. The smallest absolute Gasteiger partial charge is 0.263 e.